The maximum atomic E-state index is 4.70. The molecule has 0 amide bonds. The van der Waals surface area contributed by atoms with Crippen LogP contribution in [0, 0.1) is 0 Å². The third-order valence-electron chi connectivity index (χ3n) is 5.07. The Kier molecular flexibility index (Phi) is 8.50. The Balaban J connectivity index is 1.45. The van der Waals surface area contributed by atoms with Crippen LogP contribution in [0.2, 0.25) is 0 Å². The molecule has 4 nitrogen and oxygen atoms in total. The number of thiazole rings is 1. The van der Waals surface area contributed by atoms with Crippen LogP contribution in [0.1, 0.15) is 56.7 Å². The minimum absolute atomic E-state index is 0.814. The van der Waals surface area contributed by atoms with E-state index in [9.17, 15) is 0 Å². The van der Waals surface area contributed by atoms with Gasteiger partial charge in [0.2, 0.25) is 0 Å². The van der Waals surface area contributed by atoms with Gasteiger partial charge in [-0.2, -0.15) is 0 Å². The highest BCUT2D eigenvalue weighted by atomic mass is 32.1. The first-order valence-electron chi connectivity index (χ1n) is 10.7. The van der Waals surface area contributed by atoms with Gasteiger partial charge in [0.15, 0.2) is 5.13 Å². The second-order valence-electron chi connectivity index (χ2n) is 7.54. The van der Waals surface area contributed by atoms with E-state index in [1.165, 1.54) is 49.8 Å². The highest BCUT2D eigenvalue weighted by Crippen LogP contribution is 2.24. The molecular formula is C24H32N4S. The van der Waals surface area contributed by atoms with Crippen molar-refractivity contribution in [3.8, 4) is 0 Å². The molecule has 0 radical (unpaired) electrons. The lowest BCUT2D eigenvalue weighted by Gasteiger charge is -2.19. The minimum atomic E-state index is 0.814. The van der Waals surface area contributed by atoms with Crippen LogP contribution >= 0.6 is 11.3 Å². The number of anilines is 3. The summed E-state index contributed by atoms with van der Waals surface area (Å²) in [4.78, 5) is 11.2. The molecule has 0 bridgehead atoms. The molecule has 29 heavy (non-hydrogen) atoms. The predicted octanol–water partition coefficient (Wildman–Crippen LogP) is 6.67. The number of unbranched alkanes of at least 4 members (excludes halogenated alkanes) is 5. The van der Waals surface area contributed by atoms with Crippen LogP contribution in [0.15, 0.2) is 54.2 Å². The lowest BCUT2D eigenvalue weighted by molar-refractivity contribution is 0.606. The Hall–Kier alpha value is -2.40. The van der Waals surface area contributed by atoms with E-state index < -0.39 is 0 Å². The number of hydrogen-bond acceptors (Lipinski definition) is 5. The lowest BCUT2D eigenvalue weighted by Crippen LogP contribution is -2.18. The Morgan fingerprint density at radius 2 is 1.79 bits per heavy atom. The smallest absolute Gasteiger partial charge is 0.187 e. The van der Waals surface area contributed by atoms with Crippen molar-refractivity contribution in [2.45, 2.75) is 51.9 Å². The highest BCUT2D eigenvalue weighted by Gasteiger charge is 2.05. The Labute approximate surface area is 179 Å². The minimum Gasteiger partial charge on any atom is -0.375 e. The van der Waals surface area contributed by atoms with Gasteiger partial charge in [-0.3, -0.25) is 4.98 Å². The van der Waals surface area contributed by atoms with Crippen LogP contribution in [-0.4, -0.2) is 23.6 Å². The molecule has 0 saturated carbocycles. The molecule has 2 aromatic heterocycles. The van der Waals surface area contributed by atoms with Crippen LogP contribution in [0.25, 0.3) is 0 Å². The third-order valence-corrected chi connectivity index (χ3v) is 5.87. The zero-order valence-electron chi connectivity index (χ0n) is 17.6. The summed E-state index contributed by atoms with van der Waals surface area (Å²) in [6.45, 7) is 3.38. The standard InChI is InChI=1S/C24H32N4S/c1-3-4-5-6-7-8-16-28(2)23-13-11-21(12-14-23)26-24-27-22(19-29-24)17-20-10-9-15-25-18-20/h9-15,18-19H,3-8,16-17H2,1-2H3,(H,26,27). The molecule has 0 atom stereocenters. The van der Waals surface area contributed by atoms with E-state index in [2.05, 4.69) is 64.9 Å². The van der Waals surface area contributed by atoms with Gasteiger partial charge in [-0.15, -0.1) is 11.3 Å². The molecule has 0 aliphatic carbocycles. The van der Waals surface area contributed by atoms with E-state index in [0.29, 0.717) is 0 Å². The fourth-order valence-corrected chi connectivity index (χ4v) is 4.07. The van der Waals surface area contributed by atoms with E-state index in [1.54, 1.807) is 17.5 Å². The maximum Gasteiger partial charge on any atom is 0.187 e. The van der Waals surface area contributed by atoms with Gasteiger partial charge in [0.1, 0.15) is 0 Å². The number of nitrogens with zero attached hydrogens (tertiary/aromatic N) is 3. The first kappa shape index (κ1) is 21.3. The molecule has 0 saturated heterocycles. The lowest BCUT2D eigenvalue weighted by atomic mass is 10.1. The van der Waals surface area contributed by atoms with Gasteiger partial charge in [-0.05, 0) is 42.3 Å². The molecule has 0 fully saturated rings. The molecule has 5 heteroatoms. The van der Waals surface area contributed by atoms with E-state index in [1.807, 2.05) is 12.3 Å². The van der Waals surface area contributed by atoms with Gasteiger partial charge in [-0.25, -0.2) is 4.98 Å². The predicted molar refractivity (Wildman–Crippen MR) is 126 cm³/mol. The van der Waals surface area contributed by atoms with Crippen LogP contribution < -0.4 is 10.2 Å². The van der Waals surface area contributed by atoms with E-state index in [-0.39, 0.29) is 0 Å². The summed E-state index contributed by atoms with van der Waals surface area (Å²) in [5, 5.41) is 6.46. The summed E-state index contributed by atoms with van der Waals surface area (Å²) in [5.74, 6) is 0. The Morgan fingerprint density at radius 3 is 2.55 bits per heavy atom. The van der Waals surface area contributed by atoms with Crippen LogP contribution in [0.4, 0.5) is 16.5 Å². The zero-order chi connectivity index (χ0) is 20.3. The van der Waals surface area contributed by atoms with Crippen molar-refractivity contribution < 1.29 is 0 Å². The Bertz CT molecular complexity index is 830. The van der Waals surface area contributed by atoms with Gasteiger partial charge in [0.25, 0.3) is 0 Å². The second kappa shape index (κ2) is 11.6. The first-order valence-corrected chi connectivity index (χ1v) is 11.5. The molecular weight excluding hydrogens is 376 g/mol. The fraction of sp³-hybridized carbons (Fsp3) is 0.417. The topological polar surface area (TPSA) is 41.0 Å². The van der Waals surface area contributed by atoms with Gasteiger partial charge in [0, 0.05) is 49.2 Å². The van der Waals surface area contributed by atoms with E-state index >= 15 is 0 Å². The third kappa shape index (κ3) is 7.17. The number of pyridine rings is 1. The molecule has 1 aromatic carbocycles. The van der Waals surface area contributed by atoms with Crippen molar-refractivity contribution in [1.29, 1.82) is 0 Å². The summed E-state index contributed by atoms with van der Waals surface area (Å²) in [6, 6.07) is 12.7. The summed E-state index contributed by atoms with van der Waals surface area (Å²) >= 11 is 1.64. The molecule has 3 aromatic rings. The summed E-state index contributed by atoms with van der Waals surface area (Å²) in [6.07, 6.45) is 12.5. The van der Waals surface area contributed by atoms with Crippen molar-refractivity contribution in [3.63, 3.8) is 0 Å². The van der Waals surface area contributed by atoms with Crippen LogP contribution in [0.3, 0.4) is 0 Å². The Morgan fingerprint density at radius 1 is 1.00 bits per heavy atom. The first-order chi connectivity index (χ1) is 14.2. The quantitative estimate of drug-likeness (QED) is 0.340. The molecule has 0 spiro atoms. The SMILES string of the molecule is CCCCCCCCN(C)c1ccc(Nc2nc(Cc3cccnc3)cs2)cc1. The summed E-state index contributed by atoms with van der Waals surface area (Å²) < 4.78 is 0. The van der Waals surface area contributed by atoms with Crippen molar-refractivity contribution >= 4 is 27.8 Å². The van der Waals surface area contributed by atoms with Crippen molar-refractivity contribution in [1.82, 2.24) is 9.97 Å². The second-order valence-corrected chi connectivity index (χ2v) is 8.40. The molecule has 0 aliphatic rings. The van der Waals surface area contributed by atoms with Gasteiger partial charge in [0.05, 0.1) is 5.69 Å². The number of benzene rings is 1. The van der Waals surface area contributed by atoms with Crippen LogP contribution in [0.5, 0.6) is 0 Å². The van der Waals surface area contributed by atoms with Crippen molar-refractivity contribution in [2.75, 3.05) is 23.8 Å². The maximum absolute atomic E-state index is 4.70. The van der Waals surface area contributed by atoms with Crippen molar-refractivity contribution in [3.05, 3.63) is 65.4 Å². The van der Waals surface area contributed by atoms with Crippen molar-refractivity contribution in [2.24, 2.45) is 0 Å². The fourth-order valence-electron chi connectivity index (χ4n) is 3.34. The molecule has 1 N–H and O–H groups in total. The molecule has 154 valence electrons. The van der Waals surface area contributed by atoms with Gasteiger partial charge >= 0.3 is 0 Å². The van der Waals surface area contributed by atoms with Crippen LogP contribution in [-0.2, 0) is 6.42 Å². The summed E-state index contributed by atoms with van der Waals surface area (Å²) in [7, 11) is 2.18. The van der Waals surface area contributed by atoms with Gasteiger partial charge in [-0.1, -0.05) is 45.1 Å². The average molecular weight is 409 g/mol. The van der Waals surface area contributed by atoms with E-state index in [4.69, 9.17) is 4.98 Å². The number of rotatable bonds is 12. The molecule has 3 rings (SSSR count). The highest BCUT2D eigenvalue weighted by molar-refractivity contribution is 7.13. The molecule has 0 aliphatic heterocycles. The number of aromatic nitrogens is 2. The zero-order valence-corrected chi connectivity index (χ0v) is 18.4. The normalized spacial score (nSPS) is 10.8. The average Bonchev–Trinajstić information content (AvgIpc) is 3.18. The van der Waals surface area contributed by atoms with Gasteiger partial charge < -0.3 is 10.2 Å². The molecule has 0 unspecified atom stereocenters. The monoisotopic (exact) mass is 408 g/mol. The summed E-state index contributed by atoms with van der Waals surface area (Å²) in [5.41, 5.74) is 4.59. The largest absolute Gasteiger partial charge is 0.375 e. The molecule has 2 heterocycles. The number of nitrogens with one attached hydrogen (secondary N) is 1. The number of hydrogen-bond donors (Lipinski definition) is 1. The van der Waals surface area contributed by atoms with E-state index in [0.717, 1.165) is 29.5 Å².